The summed E-state index contributed by atoms with van der Waals surface area (Å²) in [7, 11) is 1.64. The molecule has 2 heterocycles. The molecule has 0 radical (unpaired) electrons. The van der Waals surface area contributed by atoms with E-state index < -0.39 is 5.54 Å². The van der Waals surface area contributed by atoms with Crippen LogP contribution in [-0.4, -0.2) is 66.5 Å². The van der Waals surface area contributed by atoms with Crippen molar-refractivity contribution in [2.75, 3.05) is 38.7 Å². The van der Waals surface area contributed by atoms with Crippen LogP contribution in [0.5, 0.6) is 0 Å². The first-order chi connectivity index (χ1) is 14.0. The van der Waals surface area contributed by atoms with E-state index in [1.165, 1.54) is 5.56 Å². The molecule has 3 atom stereocenters. The zero-order valence-corrected chi connectivity index (χ0v) is 17.5. The van der Waals surface area contributed by atoms with Gasteiger partial charge in [0.1, 0.15) is 11.4 Å². The highest BCUT2D eigenvalue weighted by atomic mass is 16.5. The van der Waals surface area contributed by atoms with Crippen LogP contribution in [0.2, 0.25) is 0 Å². The van der Waals surface area contributed by atoms with Crippen molar-refractivity contribution in [3.05, 3.63) is 29.8 Å². The Balaban J connectivity index is 1.44. The zero-order valence-electron chi connectivity index (χ0n) is 17.5. The molecule has 0 unspecified atom stereocenters. The minimum absolute atomic E-state index is 0.0805. The van der Waals surface area contributed by atoms with E-state index in [0.717, 1.165) is 30.8 Å². The third-order valence-corrected chi connectivity index (χ3v) is 6.74. The van der Waals surface area contributed by atoms with Crippen molar-refractivity contribution in [1.82, 2.24) is 9.80 Å². The number of fused-ring (bicyclic) bond motifs is 2. The second-order valence-electron chi connectivity index (χ2n) is 8.32. The Hall–Kier alpha value is -2.41. The number of aliphatic imine (C=N–C) groups is 1. The number of hydrogen-bond acceptors (Lipinski definition) is 4. The lowest BCUT2D eigenvalue weighted by molar-refractivity contribution is -0.132. The smallest absolute Gasteiger partial charge is 0.321 e. The molecule has 3 aliphatic rings. The molecule has 7 nitrogen and oxygen atoms in total. The third-order valence-electron chi connectivity index (χ3n) is 6.74. The maximum absolute atomic E-state index is 13.3. The topological polar surface area (TPSA) is 74.2 Å². The highest BCUT2D eigenvalue weighted by Crippen LogP contribution is 2.50. The molecule has 1 saturated carbocycles. The highest BCUT2D eigenvalue weighted by Gasteiger charge is 2.61. The number of benzene rings is 1. The number of carbonyl (C=O) groups is 2. The molecule has 2 aliphatic heterocycles. The van der Waals surface area contributed by atoms with Gasteiger partial charge in [-0.3, -0.25) is 14.7 Å². The van der Waals surface area contributed by atoms with E-state index in [2.05, 4.69) is 12.2 Å². The maximum atomic E-state index is 13.3. The van der Waals surface area contributed by atoms with Gasteiger partial charge in [-0.2, -0.15) is 0 Å². The molecule has 3 amide bonds. The fourth-order valence-electron chi connectivity index (χ4n) is 5.12. The van der Waals surface area contributed by atoms with Crippen LogP contribution >= 0.6 is 0 Å². The van der Waals surface area contributed by atoms with Crippen LogP contribution in [-0.2, 0) is 16.0 Å². The number of anilines is 1. The molecular formula is C22H30N4O3. The van der Waals surface area contributed by atoms with Crippen LogP contribution in [0.25, 0.3) is 0 Å². The molecule has 1 N–H and O–H groups in total. The van der Waals surface area contributed by atoms with Gasteiger partial charge in [-0.1, -0.05) is 19.1 Å². The van der Waals surface area contributed by atoms with E-state index in [0.29, 0.717) is 32.2 Å². The van der Waals surface area contributed by atoms with Gasteiger partial charge in [0.05, 0.1) is 13.2 Å². The van der Waals surface area contributed by atoms with E-state index >= 15 is 0 Å². The lowest BCUT2D eigenvalue weighted by Gasteiger charge is -2.28. The molecule has 0 bridgehead atoms. The third kappa shape index (κ3) is 3.41. The van der Waals surface area contributed by atoms with Crippen LogP contribution in [0.1, 0.15) is 32.3 Å². The van der Waals surface area contributed by atoms with E-state index in [1.54, 1.807) is 12.0 Å². The molecule has 1 aliphatic carbocycles. The lowest BCUT2D eigenvalue weighted by Crippen LogP contribution is -2.47. The number of hydrogen-bond donors (Lipinski definition) is 1. The Morgan fingerprint density at radius 1 is 1.31 bits per heavy atom. The fraction of sp³-hybridized carbons (Fsp3) is 0.591. The second kappa shape index (κ2) is 7.78. The Bertz CT molecular complexity index is 822. The summed E-state index contributed by atoms with van der Waals surface area (Å²) in [6.07, 6.45) is 2.68. The first-order valence-corrected chi connectivity index (χ1v) is 10.5. The second-order valence-corrected chi connectivity index (χ2v) is 8.32. The molecule has 1 spiro atoms. The number of methoxy groups -OCH3 is 1. The van der Waals surface area contributed by atoms with Crippen LogP contribution in [0.4, 0.5) is 10.5 Å². The Morgan fingerprint density at radius 3 is 2.76 bits per heavy atom. The summed E-state index contributed by atoms with van der Waals surface area (Å²) in [5.41, 5.74) is 1.35. The SMILES string of the molecule is CCc1ccc(NC(=O)N2C[C@H]3CC[C@@]4(N=C(C)N(CCOC)C4=O)[C@H]3C2)cc1. The van der Waals surface area contributed by atoms with Gasteiger partial charge in [0.15, 0.2) is 0 Å². The predicted octanol–water partition coefficient (Wildman–Crippen LogP) is 2.77. The first-order valence-electron chi connectivity index (χ1n) is 10.5. The largest absolute Gasteiger partial charge is 0.383 e. The summed E-state index contributed by atoms with van der Waals surface area (Å²) in [6, 6.07) is 7.86. The number of nitrogens with zero attached hydrogens (tertiary/aromatic N) is 3. The number of urea groups is 1. The van der Waals surface area contributed by atoms with Gasteiger partial charge >= 0.3 is 6.03 Å². The number of nitrogens with one attached hydrogen (secondary N) is 1. The predicted molar refractivity (Wildman–Crippen MR) is 112 cm³/mol. The monoisotopic (exact) mass is 398 g/mol. The van der Waals surface area contributed by atoms with Crippen LogP contribution in [0.15, 0.2) is 29.3 Å². The minimum Gasteiger partial charge on any atom is -0.383 e. The Labute approximate surface area is 172 Å². The average Bonchev–Trinajstić information content (AvgIpc) is 3.36. The number of carbonyl (C=O) groups excluding carboxylic acids is 2. The number of likely N-dealkylation sites (tertiary alicyclic amines) is 1. The average molecular weight is 399 g/mol. The summed E-state index contributed by atoms with van der Waals surface area (Å²) < 4.78 is 5.15. The summed E-state index contributed by atoms with van der Waals surface area (Å²) in [4.78, 5) is 34.5. The minimum atomic E-state index is -0.694. The zero-order chi connectivity index (χ0) is 20.6. The molecule has 1 aromatic carbocycles. The molecule has 1 aromatic rings. The summed E-state index contributed by atoms with van der Waals surface area (Å²) in [5.74, 6) is 1.26. The van der Waals surface area contributed by atoms with Crippen molar-refractivity contribution in [3.8, 4) is 0 Å². The molecular weight excluding hydrogens is 368 g/mol. The standard InChI is InChI=1S/C22H30N4O3/c1-4-16-5-7-18(8-6-16)23-21(28)25-13-17-9-10-22(19(17)14-25)20(27)26(11-12-29-3)15(2)24-22/h5-8,17,19H,4,9-14H2,1-3H3,(H,23,28)/t17-,19+,22-/m1/s1. The van der Waals surface area contributed by atoms with Crippen LogP contribution in [0.3, 0.4) is 0 Å². The number of ether oxygens (including phenoxy) is 1. The van der Waals surface area contributed by atoms with E-state index in [4.69, 9.17) is 9.73 Å². The van der Waals surface area contributed by atoms with Crippen molar-refractivity contribution >= 4 is 23.5 Å². The van der Waals surface area contributed by atoms with Gasteiger partial charge in [-0.05, 0) is 49.8 Å². The molecule has 1 saturated heterocycles. The number of amides is 3. The van der Waals surface area contributed by atoms with Crippen molar-refractivity contribution in [2.45, 2.75) is 38.6 Å². The number of rotatable bonds is 5. The van der Waals surface area contributed by atoms with Crippen molar-refractivity contribution in [1.29, 1.82) is 0 Å². The van der Waals surface area contributed by atoms with E-state index in [1.807, 2.05) is 36.1 Å². The molecule has 4 rings (SSSR count). The summed E-state index contributed by atoms with van der Waals surface area (Å²) >= 11 is 0. The van der Waals surface area contributed by atoms with Crippen molar-refractivity contribution in [2.24, 2.45) is 16.8 Å². The van der Waals surface area contributed by atoms with Crippen LogP contribution < -0.4 is 5.32 Å². The van der Waals surface area contributed by atoms with Gasteiger partial charge in [-0.25, -0.2) is 4.79 Å². The van der Waals surface area contributed by atoms with Crippen LogP contribution in [0, 0.1) is 11.8 Å². The molecule has 29 heavy (non-hydrogen) atoms. The molecule has 0 aromatic heterocycles. The number of amidine groups is 1. The fourth-order valence-corrected chi connectivity index (χ4v) is 5.12. The Kier molecular flexibility index (Phi) is 5.34. The van der Waals surface area contributed by atoms with E-state index in [-0.39, 0.29) is 17.9 Å². The number of aryl methyl sites for hydroxylation is 1. The summed E-state index contributed by atoms with van der Waals surface area (Å²) in [5, 5.41) is 3.00. The normalized spacial score (nSPS) is 28.2. The highest BCUT2D eigenvalue weighted by molar-refractivity contribution is 6.08. The lowest BCUT2D eigenvalue weighted by atomic mass is 9.85. The Morgan fingerprint density at radius 2 is 2.07 bits per heavy atom. The first kappa shape index (κ1) is 19.9. The molecule has 2 fully saturated rings. The quantitative estimate of drug-likeness (QED) is 0.829. The van der Waals surface area contributed by atoms with Gasteiger partial charge < -0.3 is 15.0 Å². The molecule has 156 valence electrons. The van der Waals surface area contributed by atoms with Gasteiger partial charge in [0.2, 0.25) is 0 Å². The van der Waals surface area contributed by atoms with E-state index in [9.17, 15) is 9.59 Å². The van der Waals surface area contributed by atoms with Gasteiger partial charge in [-0.15, -0.1) is 0 Å². The molecule has 7 heteroatoms. The van der Waals surface area contributed by atoms with Crippen molar-refractivity contribution < 1.29 is 14.3 Å². The van der Waals surface area contributed by atoms with Gasteiger partial charge in [0, 0.05) is 31.8 Å². The summed E-state index contributed by atoms with van der Waals surface area (Å²) in [6.45, 7) is 6.29. The van der Waals surface area contributed by atoms with Gasteiger partial charge in [0.25, 0.3) is 5.91 Å². The van der Waals surface area contributed by atoms with Crippen molar-refractivity contribution in [3.63, 3.8) is 0 Å². The maximum Gasteiger partial charge on any atom is 0.321 e.